The highest BCUT2D eigenvalue weighted by Crippen LogP contribution is 2.32. The molecule has 0 bridgehead atoms. The first-order chi connectivity index (χ1) is 13.2. The van der Waals surface area contributed by atoms with E-state index in [0.29, 0.717) is 10.9 Å². The van der Waals surface area contributed by atoms with Gasteiger partial charge in [0.25, 0.3) is 0 Å². The summed E-state index contributed by atoms with van der Waals surface area (Å²) in [4.78, 5) is 16.6. The van der Waals surface area contributed by atoms with Crippen LogP contribution in [0.2, 0.25) is 0 Å². The number of carbonyl (C=O) groups is 1. The molecule has 6 heteroatoms. The van der Waals surface area contributed by atoms with Crippen LogP contribution < -0.4 is 14.8 Å². The van der Waals surface area contributed by atoms with Gasteiger partial charge in [-0.15, -0.1) is 0 Å². The Balaban J connectivity index is 1.60. The number of ether oxygens (including phenoxy) is 2. The van der Waals surface area contributed by atoms with E-state index >= 15 is 0 Å². The molecule has 1 heterocycles. The van der Waals surface area contributed by atoms with Crippen LogP contribution in [0.5, 0.6) is 11.5 Å². The van der Waals surface area contributed by atoms with Crippen molar-refractivity contribution in [2.45, 2.75) is 19.8 Å². The van der Waals surface area contributed by atoms with Crippen molar-refractivity contribution in [2.75, 3.05) is 19.0 Å². The number of carbonyl (C=O) groups excluding carboxylic acids is 1. The van der Waals surface area contributed by atoms with E-state index in [1.54, 1.807) is 13.2 Å². The first kappa shape index (κ1) is 18.9. The maximum Gasteiger partial charge on any atom is 0.250 e. The molecular formula is C21H22N2O3S. The van der Waals surface area contributed by atoms with Crippen LogP contribution in [0.1, 0.15) is 25.3 Å². The lowest BCUT2D eigenvalue weighted by Crippen LogP contribution is -2.07. The highest BCUT2D eigenvalue weighted by Gasteiger charge is 2.09. The van der Waals surface area contributed by atoms with E-state index in [0.717, 1.165) is 41.0 Å². The molecular weight excluding hydrogens is 360 g/mol. The second-order valence-electron chi connectivity index (χ2n) is 5.92. The van der Waals surface area contributed by atoms with Gasteiger partial charge in [-0.3, -0.25) is 10.1 Å². The largest absolute Gasteiger partial charge is 0.494 e. The Hall–Kier alpha value is -2.86. The fourth-order valence-corrected chi connectivity index (χ4v) is 3.36. The van der Waals surface area contributed by atoms with Crippen molar-refractivity contribution < 1.29 is 14.3 Å². The molecule has 0 spiro atoms. The van der Waals surface area contributed by atoms with E-state index in [9.17, 15) is 4.79 Å². The summed E-state index contributed by atoms with van der Waals surface area (Å²) in [5, 5.41) is 3.35. The number of benzene rings is 2. The van der Waals surface area contributed by atoms with Crippen LogP contribution in [0.15, 0.2) is 48.5 Å². The molecule has 0 fully saturated rings. The first-order valence-electron chi connectivity index (χ1n) is 8.85. The van der Waals surface area contributed by atoms with Crippen LogP contribution in [-0.2, 0) is 4.79 Å². The topological polar surface area (TPSA) is 60.5 Å². The predicted molar refractivity (Wildman–Crippen MR) is 111 cm³/mol. The van der Waals surface area contributed by atoms with Gasteiger partial charge in [0.05, 0.1) is 18.4 Å². The Morgan fingerprint density at radius 1 is 1.22 bits per heavy atom. The number of aromatic nitrogens is 1. The molecule has 0 atom stereocenters. The number of rotatable bonds is 8. The molecule has 0 unspecified atom stereocenters. The van der Waals surface area contributed by atoms with Crippen LogP contribution in [0.3, 0.4) is 0 Å². The molecule has 0 saturated heterocycles. The zero-order chi connectivity index (χ0) is 19.1. The molecule has 0 aliphatic rings. The van der Waals surface area contributed by atoms with Crippen molar-refractivity contribution in [3.05, 3.63) is 54.1 Å². The second kappa shape index (κ2) is 9.19. The Kier molecular flexibility index (Phi) is 6.44. The zero-order valence-corrected chi connectivity index (χ0v) is 16.2. The number of hydrogen-bond donors (Lipinski definition) is 1. The molecule has 0 saturated carbocycles. The van der Waals surface area contributed by atoms with E-state index in [1.165, 1.54) is 17.4 Å². The lowest BCUT2D eigenvalue weighted by molar-refractivity contribution is -0.111. The van der Waals surface area contributed by atoms with Crippen LogP contribution in [0.4, 0.5) is 5.13 Å². The van der Waals surface area contributed by atoms with Crippen LogP contribution in [-0.4, -0.2) is 24.6 Å². The van der Waals surface area contributed by atoms with Gasteiger partial charge < -0.3 is 9.47 Å². The smallest absolute Gasteiger partial charge is 0.250 e. The highest BCUT2D eigenvalue weighted by molar-refractivity contribution is 7.22. The van der Waals surface area contributed by atoms with Crippen molar-refractivity contribution in [2.24, 2.45) is 0 Å². The SMILES string of the molecule is CCCCOc1ccc(/C=C/C(=O)Nc2nc3c(OC)cccc3s2)cc1. The van der Waals surface area contributed by atoms with Gasteiger partial charge in [0.15, 0.2) is 5.13 Å². The lowest BCUT2D eigenvalue weighted by atomic mass is 10.2. The molecule has 27 heavy (non-hydrogen) atoms. The van der Waals surface area contributed by atoms with E-state index in [1.807, 2.05) is 42.5 Å². The monoisotopic (exact) mass is 382 g/mol. The lowest BCUT2D eigenvalue weighted by Gasteiger charge is -2.05. The molecule has 0 aliphatic carbocycles. The summed E-state index contributed by atoms with van der Waals surface area (Å²) in [7, 11) is 1.61. The number of thiazole rings is 1. The summed E-state index contributed by atoms with van der Waals surface area (Å²) in [6.07, 6.45) is 5.41. The normalized spacial score (nSPS) is 11.0. The maximum atomic E-state index is 12.2. The number of nitrogens with one attached hydrogen (secondary N) is 1. The Morgan fingerprint density at radius 3 is 2.78 bits per heavy atom. The molecule has 0 aliphatic heterocycles. The fourth-order valence-electron chi connectivity index (χ4n) is 2.47. The molecule has 1 N–H and O–H groups in total. The molecule has 0 radical (unpaired) electrons. The van der Waals surface area contributed by atoms with Crippen molar-refractivity contribution in [3.63, 3.8) is 0 Å². The number of methoxy groups -OCH3 is 1. The Labute approximate surface area is 162 Å². The highest BCUT2D eigenvalue weighted by atomic mass is 32.1. The number of anilines is 1. The predicted octanol–water partition coefficient (Wildman–Crippen LogP) is 5.14. The number of nitrogens with zero attached hydrogens (tertiary/aromatic N) is 1. The molecule has 2 aromatic carbocycles. The minimum Gasteiger partial charge on any atom is -0.494 e. The van der Waals surface area contributed by atoms with Gasteiger partial charge in [0.2, 0.25) is 5.91 Å². The number of amides is 1. The minimum absolute atomic E-state index is 0.226. The fraction of sp³-hybridized carbons (Fsp3) is 0.238. The van der Waals surface area contributed by atoms with Gasteiger partial charge in [-0.1, -0.05) is 42.9 Å². The minimum atomic E-state index is -0.226. The second-order valence-corrected chi connectivity index (χ2v) is 6.95. The quantitative estimate of drug-likeness (QED) is 0.433. The molecule has 5 nitrogen and oxygen atoms in total. The van der Waals surface area contributed by atoms with Gasteiger partial charge in [0.1, 0.15) is 17.0 Å². The first-order valence-corrected chi connectivity index (χ1v) is 9.66. The molecule has 140 valence electrons. The molecule has 1 amide bonds. The van der Waals surface area contributed by atoms with Gasteiger partial charge >= 0.3 is 0 Å². The van der Waals surface area contributed by atoms with Crippen LogP contribution in [0, 0.1) is 0 Å². The number of unbranched alkanes of at least 4 members (excludes halogenated alkanes) is 1. The van der Waals surface area contributed by atoms with E-state index in [-0.39, 0.29) is 5.91 Å². The van der Waals surface area contributed by atoms with E-state index in [4.69, 9.17) is 9.47 Å². The van der Waals surface area contributed by atoms with E-state index < -0.39 is 0 Å². The summed E-state index contributed by atoms with van der Waals surface area (Å²) in [6.45, 7) is 2.86. The Bertz CT molecular complexity index is 932. The summed E-state index contributed by atoms with van der Waals surface area (Å²) >= 11 is 1.41. The molecule has 1 aromatic heterocycles. The average molecular weight is 382 g/mol. The standard InChI is InChI=1S/C21H22N2O3S/c1-3-4-14-26-16-11-8-15(9-12-16)10-13-19(24)22-21-23-20-17(25-2)6-5-7-18(20)27-21/h5-13H,3-4,14H2,1-2H3,(H,22,23,24)/b13-10+. The van der Waals surface area contributed by atoms with Crippen LogP contribution in [0.25, 0.3) is 16.3 Å². The maximum absolute atomic E-state index is 12.2. The average Bonchev–Trinajstić information content (AvgIpc) is 3.10. The molecule has 3 rings (SSSR count). The molecule has 3 aromatic rings. The van der Waals surface area contributed by atoms with Crippen molar-refractivity contribution in [3.8, 4) is 11.5 Å². The van der Waals surface area contributed by atoms with Gasteiger partial charge in [-0.25, -0.2) is 4.98 Å². The summed E-state index contributed by atoms with van der Waals surface area (Å²) in [5.41, 5.74) is 1.68. The van der Waals surface area contributed by atoms with Gasteiger partial charge in [0, 0.05) is 6.08 Å². The van der Waals surface area contributed by atoms with Crippen molar-refractivity contribution >= 4 is 38.7 Å². The third-order valence-electron chi connectivity index (χ3n) is 3.91. The van der Waals surface area contributed by atoms with Gasteiger partial charge in [-0.2, -0.15) is 0 Å². The summed E-state index contributed by atoms with van der Waals surface area (Å²) in [5.74, 6) is 1.31. The number of fused-ring (bicyclic) bond motifs is 1. The van der Waals surface area contributed by atoms with E-state index in [2.05, 4.69) is 17.2 Å². The van der Waals surface area contributed by atoms with Gasteiger partial charge in [-0.05, 0) is 42.3 Å². The summed E-state index contributed by atoms with van der Waals surface area (Å²) in [6, 6.07) is 13.4. The Morgan fingerprint density at radius 2 is 2.04 bits per heavy atom. The van der Waals surface area contributed by atoms with Crippen molar-refractivity contribution in [1.82, 2.24) is 4.98 Å². The van der Waals surface area contributed by atoms with Crippen LogP contribution >= 0.6 is 11.3 Å². The number of para-hydroxylation sites is 1. The number of hydrogen-bond acceptors (Lipinski definition) is 5. The third kappa shape index (κ3) is 5.08. The summed E-state index contributed by atoms with van der Waals surface area (Å²) < 4.78 is 11.9. The third-order valence-corrected chi connectivity index (χ3v) is 4.84. The van der Waals surface area contributed by atoms with Crippen molar-refractivity contribution in [1.29, 1.82) is 0 Å². The zero-order valence-electron chi connectivity index (χ0n) is 15.4.